The van der Waals surface area contributed by atoms with Crippen molar-refractivity contribution in [3.8, 4) is 0 Å². The Bertz CT molecular complexity index is 270. The van der Waals surface area contributed by atoms with Gasteiger partial charge in [-0.15, -0.1) is 0 Å². The molecule has 0 fully saturated rings. The van der Waals surface area contributed by atoms with E-state index in [1.165, 1.54) is 0 Å². The maximum atomic E-state index is 10.6. The van der Waals surface area contributed by atoms with Crippen LogP contribution < -0.4 is 0 Å². The van der Waals surface area contributed by atoms with Crippen LogP contribution in [0.1, 0.15) is 5.56 Å². The molecule has 0 aliphatic heterocycles. The van der Waals surface area contributed by atoms with E-state index in [9.17, 15) is 4.79 Å². The molecule has 1 rings (SSSR count). The number of benzene rings is 1. The molecule has 2 nitrogen and oxygen atoms in total. The second-order valence-corrected chi connectivity index (χ2v) is 2.30. The van der Waals surface area contributed by atoms with Gasteiger partial charge in [0.15, 0.2) is 0 Å². The van der Waals surface area contributed by atoms with Crippen LogP contribution >= 0.6 is 0 Å². The van der Waals surface area contributed by atoms with Crippen molar-refractivity contribution in [2.24, 2.45) is 0 Å². The number of carbonyl (C=O) groups is 1. The van der Waals surface area contributed by atoms with Gasteiger partial charge in [-0.05, 0) is 5.56 Å². The fraction of sp³-hybridized carbons (Fsp3) is 0.100. The minimum atomic E-state index is -0.390. The molecule has 0 N–H and O–H groups in total. The van der Waals surface area contributed by atoms with E-state index in [-0.39, 0.29) is 35.5 Å². The van der Waals surface area contributed by atoms with E-state index >= 15 is 0 Å². The number of carbonyl (C=O) groups excluding carboxylic acids is 1. The standard InChI is InChI=1S/C10H10O2.Na.H/c1-2-10(11)12-8-9-6-4-3-5-7-9;;/h2-7H,1,8H2;;. The van der Waals surface area contributed by atoms with Crippen LogP contribution in [-0.4, -0.2) is 35.5 Å². The number of rotatable bonds is 3. The van der Waals surface area contributed by atoms with Gasteiger partial charge in [0, 0.05) is 6.08 Å². The van der Waals surface area contributed by atoms with Gasteiger partial charge in [-0.2, -0.15) is 0 Å². The monoisotopic (exact) mass is 186 g/mol. The van der Waals surface area contributed by atoms with Gasteiger partial charge in [-0.1, -0.05) is 36.9 Å². The van der Waals surface area contributed by atoms with Crippen LogP contribution in [0, 0.1) is 0 Å². The zero-order valence-electron chi connectivity index (χ0n) is 6.69. The van der Waals surface area contributed by atoms with E-state index in [1.807, 2.05) is 30.3 Å². The number of hydrogen-bond acceptors (Lipinski definition) is 2. The van der Waals surface area contributed by atoms with E-state index in [1.54, 1.807) is 0 Å². The number of esters is 1. The average molecular weight is 186 g/mol. The molecule has 0 aromatic heterocycles. The summed E-state index contributed by atoms with van der Waals surface area (Å²) in [5.41, 5.74) is 0.979. The van der Waals surface area contributed by atoms with Gasteiger partial charge in [0.05, 0.1) is 0 Å². The molecule has 0 radical (unpaired) electrons. The fourth-order valence-electron chi connectivity index (χ4n) is 0.788. The minimum absolute atomic E-state index is 0. The molecule has 0 unspecified atom stereocenters. The molecule has 0 saturated heterocycles. The van der Waals surface area contributed by atoms with E-state index in [4.69, 9.17) is 4.74 Å². The van der Waals surface area contributed by atoms with Gasteiger partial charge in [-0.3, -0.25) is 0 Å². The first-order valence-corrected chi connectivity index (χ1v) is 3.66. The summed E-state index contributed by atoms with van der Waals surface area (Å²) in [5.74, 6) is -0.390. The Labute approximate surface area is 99.9 Å². The summed E-state index contributed by atoms with van der Waals surface area (Å²) >= 11 is 0. The summed E-state index contributed by atoms with van der Waals surface area (Å²) in [6.45, 7) is 3.61. The number of hydrogen-bond donors (Lipinski definition) is 0. The first-order valence-electron chi connectivity index (χ1n) is 3.66. The van der Waals surface area contributed by atoms with Crippen molar-refractivity contribution < 1.29 is 9.53 Å². The SMILES string of the molecule is C=CC(=O)OCc1ccccc1.[NaH]. The summed E-state index contributed by atoms with van der Waals surface area (Å²) in [7, 11) is 0. The first-order chi connectivity index (χ1) is 5.83. The summed E-state index contributed by atoms with van der Waals surface area (Å²) in [6, 6.07) is 9.51. The Morgan fingerprint density at radius 1 is 1.38 bits per heavy atom. The average Bonchev–Trinajstić information content (AvgIpc) is 2.16. The molecule has 0 atom stereocenters. The maximum absolute atomic E-state index is 10.6. The predicted octanol–water partition coefficient (Wildman–Crippen LogP) is 1.27. The summed E-state index contributed by atoms with van der Waals surface area (Å²) in [5, 5.41) is 0. The van der Waals surface area contributed by atoms with Crippen LogP contribution in [-0.2, 0) is 16.1 Å². The van der Waals surface area contributed by atoms with Crippen molar-refractivity contribution in [2.45, 2.75) is 6.61 Å². The molecule has 1 aromatic carbocycles. The third-order valence-electron chi connectivity index (χ3n) is 1.39. The second kappa shape index (κ2) is 6.89. The molecule has 0 bridgehead atoms. The van der Waals surface area contributed by atoms with Gasteiger partial charge in [-0.25, -0.2) is 4.79 Å². The van der Waals surface area contributed by atoms with E-state index in [0.717, 1.165) is 11.6 Å². The normalized spacial score (nSPS) is 8.31. The zero-order chi connectivity index (χ0) is 8.81. The van der Waals surface area contributed by atoms with Crippen LogP contribution in [0.2, 0.25) is 0 Å². The molecule has 13 heavy (non-hydrogen) atoms. The summed E-state index contributed by atoms with van der Waals surface area (Å²) < 4.78 is 4.82. The Hall–Kier alpha value is -0.570. The topological polar surface area (TPSA) is 26.3 Å². The molecule has 0 heterocycles. The zero-order valence-corrected chi connectivity index (χ0v) is 6.69. The van der Waals surface area contributed by atoms with Crippen molar-refractivity contribution in [2.75, 3.05) is 0 Å². The third-order valence-corrected chi connectivity index (χ3v) is 1.39. The van der Waals surface area contributed by atoms with Crippen LogP contribution in [0.5, 0.6) is 0 Å². The number of ether oxygens (including phenoxy) is 1. The summed E-state index contributed by atoms with van der Waals surface area (Å²) in [4.78, 5) is 10.6. The molecule has 0 aliphatic carbocycles. The van der Waals surface area contributed by atoms with E-state index in [0.29, 0.717) is 6.61 Å². The molecule has 1 aromatic rings. The molecule has 64 valence electrons. The Kier molecular flexibility index (Phi) is 6.59. The van der Waals surface area contributed by atoms with Gasteiger partial charge >= 0.3 is 35.5 Å². The Morgan fingerprint density at radius 3 is 2.54 bits per heavy atom. The molecular weight excluding hydrogens is 175 g/mol. The Balaban J connectivity index is 0.00000144. The van der Waals surface area contributed by atoms with E-state index in [2.05, 4.69) is 6.58 Å². The van der Waals surface area contributed by atoms with Gasteiger partial charge in [0.1, 0.15) is 6.61 Å². The molecule has 0 amide bonds. The molecular formula is C10H11NaO2. The van der Waals surface area contributed by atoms with Gasteiger partial charge in [0.25, 0.3) is 0 Å². The van der Waals surface area contributed by atoms with Crippen LogP contribution in [0.15, 0.2) is 43.0 Å². The Morgan fingerprint density at radius 2 is 2.00 bits per heavy atom. The van der Waals surface area contributed by atoms with Gasteiger partial charge in [0.2, 0.25) is 0 Å². The molecule has 0 spiro atoms. The van der Waals surface area contributed by atoms with Crippen molar-refractivity contribution in [3.63, 3.8) is 0 Å². The van der Waals surface area contributed by atoms with Crippen molar-refractivity contribution in [3.05, 3.63) is 48.6 Å². The predicted molar refractivity (Wildman–Crippen MR) is 53.6 cm³/mol. The van der Waals surface area contributed by atoms with Gasteiger partial charge < -0.3 is 4.74 Å². The molecule has 3 heteroatoms. The molecule has 0 aliphatic rings. The second-order valence-electron chi connectivity index (χ2n) is 2.30. The summed E-state index contributed by atoms with van der Waals surface area (Å²) in [6.07, 6.45) is 1.16. The fourth-order valence-corrected chi connectivity index (χ4v) is 0.788. The van der Waals surface area contributed by atoms with Crippen LogP contribution in [0.3, 0.4) is 0 Å². The molecule has 0 saturated carbocycles. The van der Waals surface area contributed by atoms with Crippen LogP contribution in [0.4, 0.5) is 0 Å². The van der Waals surface area contributed by atoms with E-state index < -0.39 is 0 Å². The van der Waals surface area contributed by atoms with Crippen molar-refractivity contribution in [1.82, 2.24) is 0 Å². The van der Waals surface area contributed by atoms with Crippen molar-refractivity contribution >= 4 is 35.5 Å². The first kappa shape index (κ1) is 12.4. The third kappa shape index (κ3) is 4.88. The quantitative estimate of drug-likeness (QED) is 0.403. The van der Waals surface area contributed by atoms with Crippen LogP contribution in [0.25, 0.3) is 0 Å². The van der Waals surface area contributed by atoms with Crippen molar-refractivity contribution in [1.29, 1.82) is 0 Å².